The Bertz CT molecular complexity index is 699. The van der Waals surface area contributed by atoms with Crippen LogP contribution in [-0.2, 0) is 22.7 Å². The number of carbonyl (C=O) groups excluding carboxylic acids is 1. The Labute approximate surface area is 154 Å². The summed E-state index contributed by atoms with van der Waals surface area (Å²) in [6, 6.07) is 13.6. The average Bonchev–Trinajstić information content (AvgIpc) is 3.19. The summed E-state index contributed by atoms with van der Waals surface area (Å²) in [5, 5.41) is 2.92. The van der Waals surface area contributed by atoms with Gasteiger partial charge in [0.1, 0.15) is 12.2 Å². The summed E-state index contributed by atoms with van der Waals surface area (Å²) < 4.78 is 11.7. The van der Waals surface area contributed by atoms with E-state index in [2.05, 4.69) is 10.3 Å². The molecule has 1 heterocycles. The quantitative estimate of drug-likeness (QED) is 0.786. The van der Waals surface area contributed by atoms with Crippen LogP contribution in [0.1, 0.15) is 43.7 Å². The van der Waals surface area contributed by atoms with Gasteiger partial charge in [0.15, 0.2) is 0 Å². The Hall–Kier alpha value is -2.40. The monoisotopic (exact) mass is 354 g/mol. The lowest BCUT2D eigenvalue weighted by Crippen LogP contribution is -2.34. The van der Waals surface area contributed by atoms with Gasteiger partial charge in [0.25, 0.3) is 0 Å². The van der Waals surface area contributed by atoms with Crippen molar-refractivity contribution in [3.05, 3.63) is 59.8 Å². The summed E-state index contributed by atoms with van der Waals surface area (Å²) in [5.74, 6) is 0.481. The van der Waals surface area contributed by atoms with Crippen LogP contribution in [0.4, 0.5) is 0 Å². The highest BCUT2D eigenvalue weighted by Crippen LogP contribution is 2.24. The van der Waals surface area contributed by atoms with Gasteiger partial charge < -0.3 is 14.8 Å². The molecule has 0 radical (unpaired) electrons. The van der Waals surface area contributed by atoms with E-state index in [1.165, 1.54) is 12.8 Å². The van der Waals surface area contributed by atoms with Crippen molar-refractivity contribution in [1.82, 2.24) is 10.3 Å². The summed E-state index contributed by atoms with van der Waals surface area (Å²) in [5.41, 5.74) is 1.94. The first-order valence-electron chi connectivity index (χ1n) is 9.26. The van der Waals surface area contributed by atoms with Crippen molar-refractivity contribution in [2.45, 2.75) is 58.0 Å². The number of ether oxygens (including phenoxy) is 2. The van der Waals surface area contributed by atoms with E-state index in [0.29, 0.717) is 19.0 Å². The molecule has 0 unspecified atom stereocenters. The van der Waals surface area contributed by atoms with Gasteiger partial charge in [0.05, 0.1) is 6.61 Å². The van der Waals surface area contributed by atoms with Crippen molar-refractivity contribution in [2.75, 3.05) is 0 Å². The average molecular weight is 354 g/mol. The minimum atomic E-state index is -0.522. The third-order valence-electron chi connectivity index (χ3n) is 4.60. The topological polar surface area (TPSA) is 60.5 Å². The number of hydrogen-bond acceptors (Lipinski definition) is 4. The van der Waals surface area contributed by atoms with Gasteiger partial charge in [-0.15, -0.1) is 0 Å². The molecule has 0 saturated heterocycles. The van der Waals surface area contributed by atoms with Gasteiger partial charge in [0, 0.05) is 18.3 Å². The largest absolute Gasteiger partial charge is 0.474 e. The summed E-state index contributed by atoms with van der Waals surface area (Å²) in [6.07, 6.45) is 6.01. The van der Waals surface area contributed by atoms with Crippen molar-refractivity contribution < 1.29 is 14.3 Å². The van der Waals surface area contributed by atoms with Crippen molar-refractivity contribution in [3.63, 3.8) is 0 Å². The number of aromatic nitrogens is 1. The van der Waals surface area contributed by atoms with E-state index in [-0.39, 0.29) is 12.0 Å². The van der Waals surface area contributed by atoms with Crippen LogP contribution in [0.25, 0.3) is 0 Å². The Kier molecular flexibility index (Phi) is 6.61. The van der Waals surface area contributed by atoms with Gasteiger partial charge in [-0.1, -0.05) is 36.4 Å². The molecule has 1 aromatic heterocycles. The first-order chi connectivity index (χ1) is 12.7. The zero-order chi connectivity index (χ0) is 18.2. The number of pyridine rings is 1. The van der Waals surface area contributed by atoms with E-state index in [4.69, 9.17) is 9.47 Å². The molecule has 1 amide bonds. The second-order valence-electron chi connectivity index (χ2n) is 6.65. The molecule has 0 spiro atoms. The van der Waals surface area contributed by atoms with Crippen LogP contribution >= 0.6 is 0 Å². The van der Waals surface area contributed by atoms with Crippen molar-refractivity contribution in [1.29, 1.82) is 0 Å². The third-order valence-corrected chi connectivity index (χ3v) is 4.60. The lowest BCUT2D eigenvalue weighted by atomic mass is 10.2. The smallest absolute Gasteiger partial charge is 0.249 e. The SMILES string of the molecule is C[C@H](OCc1ccccc1)C(=O)NCc1cccnc1OC1CCCC1. The molecule has 1 aliphatic carbocycles. The number of nitrogens with one attached hydrogen (secondary N) is 1. The molecular formula is C21H26N2O3. The molecule has 2 aromatic rings. The van der Waals surface area contributed by atoms with Crippen LogP contribution in [-0.4, -0.2) is 23.1 Å². The Morgan fingerprint density at radius 3 is 2.73 bits per heavy atom. The molecule has 1 N–H and O–H groups in total. The van der Waals surface area contributed by atoms with Crippen LogP contribution in [0.3, 0.4) is 0 Å². The first-order valence-corrected chi connectivity index (χ1v) is 9.26. The third kappa shape index (κ3) is 5.30. The molecule has 5 nitrogen and oxygen atoms in total. The van der Waals surface area contributed by atoms with E-state index in [0.717, 1.165) is 24.0 Å². The highest BCUT2D eigenvalue weighted by atomic mass is 16.5. The lowest BCUT2D eigenvalue weighted by molar-refractivity contribution is -0.132. The molecular weight excluding hydrogens is 328 g/mol. The molecule has 1 aliphatic rings. The number of hydrogen-bond donors (Lipinski definition) is 1. The summed E-state index contributed by atoms with van der Waals surface area (Å²) in [4.78, 5) is 16.6. The Morgan fingerprint density at radius 2 is 1.96 bits per heavy atom. The Morgan fingerprint density at radius 1 is 1.19 bits per heavy atom. The maximum absolute atomic E-state index is 12.3. The number of nitrogens with zero attached hydrogens (tertiary/aromatic N) is 1. The number of amides is 1. The van der Waals surface area contributed by atoms with Crippen LogP contribution < -0.4 is 10.1 Å². The molecule has 3 rings (SSSR count). The minimum absolute atomic E-state index is 0.142. The molecule has 5 heteroatoms. The summed E-state index contributed by atoms with van der Waals surface area (Å²) >= 11 is 0. The molecule has 138 valence electrons. The standard InChI is InChI=1S/C21H26N2O3/c1-16(25-15-17-8-3-2-4-9-17)20(24)23-14-18-10-7-13-22-21(18)26-19-11-5-6-12-19/h2-4,7-10,13,16,19H,5-6,11-12,14-15H2,1H3,(H,23,24)/t16-/m0/s1. The zero-order valence-corrected chi connectivity index (χ0v) is 15.2. The minimum Gasteiger partial charge on any atom is -0.474 e. The van der Waals surface area contributed by atoms with E-state index < -0.39 is 6.10 Å². The molecule has 0 aliphatic heterocycles. The fourth-order valence-corrected chi connectivity index (χ4v) is 3.03. The maximum Gasteiger partial charge on any atom is 0.249 e. The summed E-state index contributed by atoms with van der Waals surface area (Å²) in [6.45, 7) is 2.56. The Balaban J connectivity index is 1.49. The van der Waals surface area contributed by atoms with Crippen molar-refractivity contribution >= 4 is 5.91 Å². The number of carbonyl (C=O) groups is 1. The molecule has 1 atom stereocenters. The van der Waals surface area contributed by atoms with Gasteiger partial charge in [-0.25, -0.2) is 4.98 Å². The highest BCUT2D eigenvalue weighted by Gasteiger charge is 2.19. The summed E-state index contributed by atoms with van der Waals surface area (Å²) in [7, 11) is 0. The molecule has 1 saturated carbocycles. The zero-order valence-electron chi connectivity index (χ0n) is 15.2. The molecule has 0 bridgehead atoms. The van der Waals surface area contributed by atoms with Gasteiger partial charge >= 0.3 is 0 Å². The van der Waals surface area contributed by atoms with Crippen LogP contribution in [0.2, 0.25) is 0 Å². The highest BCUT2D eigenvalue weighted by molar-refractivity contribution is 5.80. The molecule has 26 heavy (non-hydrogen) atoms. The van der Waals surface area contributed by atoms with Crippen molar-refractivity contribution in [2.24, 2.45) is 0 Å². The van der Waals surface area contributed by atoms with E-state index in [9.17, 15) is 4.79 Å². The fraction of sp³-hybridized carbons (Fsp3) is 0.429. The lowest BCUT2D eigenvalue weighted by Gasteiger charge is -2.17. The van der Waals surface area contributed by atoms with Crippen LogP contribution in [0.15, 0.2) is 48.7 Å². The second-order valence-corrected chi connectivity index (χ2v) is 6.65. The first kappa shape index (κ1) is 18.4. The van der Waals surface area contributed by atoms with Crippen LogP contribution in [0, 0.1) is 0 Å². The van der Waals surface area contributed by atoms with Gasteiger partial charge in [-0.2, -0.15) is 0 Å². The van der Waals surface area contributed by atoms with Crippen molar-refractivity contribution in [3.8, 4) is 5.88 Å². The van der Waals surface area contributed by atoms with Gasteiger partial charge in [0.2, 0.25) is 11.8 Å². The van der Waals surface area contributed by atoms with E-state index in [1.54, 1.807) is 13.1 Å². The van der Waals surface area contributed by atoms with E-state index in [1.807, 2.05) is 42.5 Å². The normalized spacial score (nSPS) is 15.6. The van der Waals surface area contributed by atoms with Gasteiger partial charge in [-0.05, 0) is 44.2 Å². The molecule has 1 aromatic carbocycles. The predicted octanol–water partition coefficient (Wildman–Crippen LogP) is 3.62. The maximum atomic E-state index is 12.3. The second kappa shape index (κ2) is 9.34. The van der Waals surface area contributed by atoms with E-state index >= 15 is 0 Å². The van der Waals surface area contributed by atoms with Crippen LogP contribution in [0.5, 0.6) is 5.88 Å². The number of rotatable bonds is 8. The fourth-order valence-electron chi connectivity index (χ4n) is 3.03. The van der Waals surface area contributed by atoms with Gasteiger partial charge in [-0.3, -0.25) is 4.79 Å². The molecule has 1 fully saturated rings. The predicted molar refractivity (Wildman–Crippen MR) is 99.7 cm³/mol. The number of benzene rings is 1.